The molecule has 0 spiro atoms. The smallest absolute Gasteiger partial charge is 0.347 e. The van der Waals surface area contributed by atoms with Crippen molar-refractivity contribution < 1.29 is 24.2 Å². The maximum absolute atomic E-state index is 12.4. The summed E-state index contributed by atoms with van der Waals surface area (Å²) in [6.45, 7) is 3.19. The van der Waals surface area contributed by atoms with E-state index in [0.717, 1.165) is 16.7 Å². The Morgan fingerprint density at radius 2 is 1.55 bits per heavy atom. The van der Waals surface area contributed by atoms with Crippen molar-refractivity contribution in [1.82, 2.24) is 0 Å². The molecule has 1 N–H and O–H groups in total. The minimum absolute atomic E-state index is 0.158. The molecule has 146 valence electrons. The Bertz CT molecular complexity index is 1040. The minimum atomic E-state index is -0.611. The minimum Gasteiger partial charge on any atom is -0.508 e. The third-order valence-electron chi connectivity index (χ3n) is 4.00. The molecule has 0 heterocycles. The van der Waals surface area contributed by atoms with Gasteiger partial charge in [0.1, 0.15) is 22.8 Å². The van der Waals surface area contributed by atoms with E-state index in [2.05, 4.69) is 0 Å². The van der Waals surface area contributed by atoms with E-state index in [1.54, 1.807) is 36.4 Å². The second kappa shape index (κ2) is 8.89. The molecule has 0 aliphatic carbocycles. The lowest BCUT2D eigenvalue weighted by Gasteiger charge is -2.09. The molecule has 0 radical (unpaired) electrons. The van der Waals surface area contributed by atoms with Crippen molar-refractivity contribution in [3.8, 4) is 17.2 Å². The highest BCUT2D eigenvalue weighted by Crippen LogP contribution is 2.22. The monoisotopic (exact) mass is 388 g/mol. The van der Waals surface area contributed by atoms with Crippen LogP contribution in [0.25, 0.3) is 12.2 Å². The molecule has 0 aliphatic rings. The normalized spacial score (nSPS) is 10.7. The number of phenols is 1. The van der Waals surface area contributed by atoms with Crippen LogP contribution < -0.4 is 9.47 Å². The van der Waals surface area contributed by atoms with Gasteiger partial charge in [-0.1, -0.05) is 42.5 Å². The number of rotatable bonds is 5. The van der Waals surface area contributed by atoms with Gasteiger partial charge >= 0.3 is 11.9 Å². The number of aromatic hydroxyl groups is 1. The number of para-hydroxylation sites is 1. The zero-order valence-electron chi connectivity index (χ0n) is 16.1. The van der Waals surface area contributed by atoms with E-state index in [1.165, 1.54) is 19.1 Å². The molecule has 3 rings (SSSR count). The summed E-state index contributed by atoms with van der Waals surface area (Å²) in [6, 6.07) is 18.7. The molecular weight excluding hydrogens is 368 g/mol. The first kappa shape index (κ1) is 19.9. The van der Waals surface area contributed by atoms with Gasteiger partial charge in [-0.3, -0.25) is 4.79 Å². The van der Waals surface area contributed by atoms with Crippen LogP contribution in [-0.4, -0.2) is 17.0 Å². The summed E-state index contributed by atoms with van der Waals surface area (Å²) < 4.78 is 10.4. The largest absolute Gasteiger partial charge is 0.508 e. The van der Waals surface area contributed by atoms with Crippen molar-refractivity contribution in [2.24, 2.45) is 0 Å². The van der Waals surface area contributed by atoms with E-state index >= 15 is 0 Å². The summed E-state index contributed by atoms with van der Waals surface area (Å²) in [7, 11) is 0. The van der Waals surface area contributed by atoms with E-state index < -0.39 is 11.9 Å². The fraction of sp³-hybridized carbons (Fsp3) is 0.0833. The third-order valence-corrected chi connectivity index (χ3v) is 4.00. The van der Waals surface area contributed by atoms with Crippen molar-refractivity contribution in [2.75, 3.05) is 0 Å². The molecule has 0 bridgehead atoms. The molecule has 5 heteroatoms. The van der Waals surface area contributed by atoms with Crippen LogP contribution in [0.3, 0.4) is 0 Å². The Labute approximate surface area is 168 Å². The highest BCUT2D eigenvalue weighted by Gasteiger charge is 2.15. The van der Waals surface area contributed by atoms with Gasteiger partial charge in [-0.05, 0) is 60.0 Å². The average Bonchev–Trinajstić information content (AvgIpc) is 2.66. The van der Waals surface area contributed by atoms with Crippen molar-refractivity contribution in [1.29, 1.82) is 0 Å². The summed E-state index contributed by atoms with van der Waals surface area (Å²) in [5.74, 6) is -0.367. The molecule has 0 saturated carbocycles. The predicted octanol–water partition coefficient (Wildman–Crippen LogP) is 5.02. The molecular formula is C24H20O5. The average molecular weight is 388 g/mol. The molecule has 0 aromatic heterocycles. The molecule has 0 atom stereocenters. The second-order valence-electron chi connectivity index (χ2n) is 6.48. The first-order valence-electron chi connectivity index (χ1n) is 8.99. The Hall–Kier alpha value is -3.86. The van der Waals surface area contributed by atoms with Crippen LogP contribution >= 0.6 is 0 Å². The number of hydrogen-bond acceptors (Lipinski definition) is 5. The van der Waals surface area contributed by atoms with Crippen LogP contribution in [0.2, 0.25) is 0 Å². The fourth-order valence-corrected chi connectivity index (χ4v) is 2.77. The predicted molar refractivity (Wildman–Crippen MR) is 111 cm³/mol. The topological polar surface area (TPSA) is 72.8 Å². The maximum atomic E-state index is 12.4. The van der Waals surface area contributed by atoms with E-state index in [0.29, 0.717) is 5.75 Å². The maximum Gasteiger partial charge on any atom is 0.347 e. The van der Waals surface area contributed by atoms with Crippen LogP contribution in [0, 0.1) is 6.92 Å². The van der Waals surface area contributed by atoms with Crippen LogP contribution in [0.4, 0.5) is 0 Å². The van der Waals surface area contributed by atoms with Gasteiger partial charge in [0.25, 0.3) is 0 Å². The molecule has 0 unspecified atom stereocenters. The lowest BCUT2D eigenvalue weighted by Crippen LogP contribution is -2.12. The fourth-order valence-electron chi connectivity index (χ4n) is 2.77. The van der Waals surface area contributed by atoms with Gasteiger partial charge < -0.3 is 14.6 Å². The van der Waals surface area contributed by atoms with Crippen LogP contribution in [0.1, 0.15) is 34.0 Å². The number of phenolic OH excluding ortho intramolecular Hbond substituents is 1. The number of carbonyl (C=O) groups is 2. The number of ether oxygens (including phenoxy) is 2. The van der Waals surface area contributed by atoms with Crippen molar-refractivity contribution in [3.63, 3.8) is 0 Å². The lowest BCUT2D eigenvalue weighted by molar-refractivity contribution is -0.131. The molecule has 29 heavy (non-hydrogen) atoms. The number of esters is 2. The van der Waals surface area contributed by atoms with E-state index in [9.17, 15) is 14.7 Å². The summed E-state index contributed by atoms with van der Waals surface area (Å²) in [5, 5.41) is 9.66. The first-order valence-corrected chi connectivity index (χ1v) is 8.99. The molecule has 3 aromatic rings. The zero-order chi connectivity index (χ0) is 20.8. The standard InChI is InChI=1S/C24H20O5/c1-16-13-19(15-20(26)14-16)8-7-18-9-11-21(12-10-18)29-24(27)22-5-3-4-6-23(22)28-17(2)25/h3-15,26H,1-2H3/b8-7+. The zero-order valence-corrected chi connectivity index (χ0v) is 16.1. The Morgan fingerprint density at radius 1 is 0.862 bits per heavy atom. The molecule has 0 amide bonds. The summed E-state index contributed by atoms with van der Waals surface area (Å²) in [4.78, 5) is 23.6. The summed E-state index contributed by atoms with van der Waals surface area (Å²) in [5.41, 5.74) is 2.94. The highest BCUT2D eigenvalue weighted by atomic mass is 16.5. The Balaban J connectivity index is 1.70. The van der Waals surface area contributed by atoms with Gasteiger partial charge in [0.2, 0.25) is 0 Å². The first-order chi connectivity index (χ1) is 13.9. The van der Waals surface area contributed by atoms with Gasteiger partial charge in [0.15, 0.2) is 0 Å². The Morgan fingerprint density at radius 3 is 2.24 bits per heavy atom. The van der Waals surface area contributed by atoms with Crippen LogP contribution in [0.5, 0.6) is 17.2 Å². The van der Waals surface area contributed by atoms with Crippen molar-refractivity contribution >= 4 is 24.1 Å². The molecule has 0 aliphatic heterocycles. The number of benzene rings is 3. The van der Waals surface area contributed by atoms with Gasteiger partial charge in [-0.25, -0.2) is 4.79 Å². The third kappa shape index (κ3) is 5.56. The molecule has 3 aromatic carbocycles. The van der Waals surface area contributed by atoms with Gasteiger partial charge in [-0.15, -0.1) is 0 Å². The number of carbonyl (C=O) groups excluding carboxylic acids is 2. The van der Waals surface area contributed by atoms with Gasteiger partial charge in [0, 0.05) is 6.92 Å². The number of hydrogen-bond donors (Lipinski definition) is 1. The van der Waals surface area contributed by atoms with E-state index in [1.807, 2.05) is 37.3 Å². The quantitative estimate of drug-likeness (QED) is 0.378. The lowest BCUT2D eigenvalue weighted by atomic mass is 10.1. The molecule has 0 fully saturated rings. The Kier molecular flexibility index (Phi) is 6.09. The molecule has 5 nitrogen and oxygen atoms in total. The summed E-state index contributed by atoms with van der Waals surface area (Å²) >= 11 is 0. The molecule has 0 saturated heterocycles. The van der Waals surface area contributed by atoms with Gasteiger partial charge in [-0.2, -0.15) is 0 Å². The highest BCUT2D eigenvalue weighted by molar-refractivity contribution is 5.94. The van der Waals surface area contributed by atoms with E-state index in [-0.39, 0.29) is 17.1 Å². The van der Waals surface area contributed by atoms with Gasteiger partial charge in [0.05, 0.1) is 0 Å². The van der Waals surface area contributed by atoms with Crippen LogP contribution in [0.15, 0.2) is 66.7 Å². The van der Waals surface area contributed by atoms with E-state index in [4.69, 9.17) is 9.47 Å². The number of aryl methyl sites for hydroxylation is 1. The van der Waals surface area contributed by atoms with Crippen molar-refractivity contribution in [2.45, 2.75) is 13.8 Å². The van der Waals surface area contributed by atoms with Crippen molar-refractivity contribution in [3.05, 3.63) is 89.0 Å². The SMILES string of the molecule is CC(=O)Oc1ccccc1C(=O)Oc1ccc(/C=C/c2cc(C)cc(O)c2)cc1. The second-order valence-corrected chi connectivity index (χ2v) is 6.48. The summed E-state index contributed by atoms with van der Waals surface area (Å²) in [6.07, 6.45) is 3.79. The van der Waals surface area contributed by atoms with Crippen LogP contribution in [-0.2, 0) is 4.79 Å².